The maximum absolute atomic E-state index is 12.9. The van der Waals surface area contributed by atoms with E-state index < -0.39 is 57.8 Å². The summed E-state index contributed by atoms with van der Waals surface area (Å²) < 4.78 is 39.5. The van der Waals surface area contributed by atoms with E-state index in [1.807, 2.05) is 0 Å². The highest BCUT2D eigenvalue weighted by Gasteiger charge is 2.28. The Bertz CT molecular complexity index is 1690. The van der Waals surface area contributed by atoms with Crippen molar-refractivity contribution in [1.29, 1.82) is 0 Å². The Balaban J connectivity index is 4.83. The van der Waals surface area contributed by atoms with E-state index in [0.717, 1.165) is 116 Å². The zero-order valence-electron chi connectivity index (χ0n) is 47.9. The van der Waals surface area contributed by atoms with E-state index >= 15 is 0 Å². The van der Waals surface area contributed by atoms with Crippen LogP contribution in [0.2, 0.25) is 0 Å². The number of allylic oxidation sites excluding steroid dienone is 18. The van der Waals surface area contributed by atoms with Gasteiger partial charge in [-0.05, 0) is 122 Å². The van der Waals surface area contributed by atoms with Crippen molar-refractivity contribution in [3.63, 3.8) is 0 Å². The molecule has 0 saturated carbocycles. The second-order valence-corrected chi connectivity index (χ2v) is 20.8. The van der Waals surface area contributed by atoms with Gasteiger partial charge in [-0.1, -0.05) is 207 Å². The maximum Gasteiger partial charge on any atom is 0.472 e. The number of phosphoric acid groups is 1. The Hall–Kier alpha value is -3.86. The predicted molar refractivity (Wildman–Crippen MR) is 316 cm³/mol. The van der Waals surface area contributed by atoms with Gasteiger partial charge in [0, 0.05) is 19.3 Å². The number of carbonyl (C=O) groups excluding carboxylic acids is 3. The van der Waals surface area contributed by atoms with Gasteiger partial charge in [-0.3, -0.25) is 23.4 Å². The van der Waals surface area contributed by atoms with Crippen LogP contribution >= 0.6 is 7.82 Å². The third kappa shape index (κ3) is 54.9. The second kappa shape index (κ2) is 57.3. The van der Waals surface area contributed by atoms with Gasteiger partial charge in [-0.25, -0.2) is 4.57 Å². The standard InChI is InChI=1S/C64H107O11P/c1-4-7-10-13-16-19-22-25-27-29-30-32-34-37-40-43-46-49-52-55-64(68)75-61(57-71-62(66)53-50-47-44-41-38-36-33-31-28-26-23-20-17-14-11-8-5-2)59-73-76(69,70)72-58-60(56-65)74-63(67)54-51-48-45-42-39-35-24-21-18-15-12-9-6-3/h7,9-10,12,16,18-19,21,25-28,30,32,35,37,39-40,60-61,65H,4-6,8,11,13-15,17,20,22-24,29,31,33-34,36,38,41-59H2,1-3H3,(H,69,70)/b10-7-,12-9-,19-16-,21-18-,27-25-,28-26-,32-30-,39-35-,40-37-. The van der Waals surface area contributed by atoms with Crippen LogP contribution in [0.5, 0.6) is 0 Å². The molecule has 0 aromatic carbocycles. The molecule has 76 heavy (non-hydrogen) atoms. The first kappa shape index (κ1) is 72.1. The number of esters is 3. The minimum atomic E-state index is -4.77. The summed E-state index contributed by atoms with van der Waals surface area (Å²) in [5.41, 5.74) is 0. The third-order valence-electron chi connectivity index (χ3n) is 12.2. The van der Waals surface area contributed by atoms with Gasteiger partial charge >= 0.3 is 25.7 Å². The molecule has 0 spiro atoms. The van der Waals surface area contributed by atoms with Crippen molar-refractivity contribution in [3.8, 4) is 0 Å². The van der Waals surface area contributed by atoms with Crippen molar-refractivity contribution in [2.45, 2.75) is 251 Å². The lowest BCUT2D eigenvalue weighted by Crippen LogP contribution is -2.30. The second-order valence-electron chi connectivity index (χ2n) is 19.4. The Kier molecular flexibility index (Phi) is 54.4. The summed E-state index contributed by atoms with van der Waals surface area (Å²) in [7, 11) is -4.77. The quantitative estimate of drug-likeness (QED) is 0.0197. The zero-order chi connectivity index (χ0) is 55.5. The van der Waals surface area contributed by atoms with Gasteiger partial charge in [0.1, 0.15) is 12.7 Å². The first-order valence-corrected chi connectivity index (χ1v) is 31.3. The van der Waals surface area contributed by atoms with Crippen LogP contribution in [0.15, 0.2) is 109 Å². The van der Waals surface area contributed by atoms with Crippen LogP contribution in [0.1, 0.15) is 239 Å². The summed E-state index contributed by atoms with van der Waals surface area (Å²) in [6, 6.07) is 0. The molecule has 2 N–H and O–H groups in total. The largest absolute Gasteiger partial charge is 0.472 e. The van der Waals surface area contributed by atoms with Crippen LogP contribution in [0.3, 0.4) is 0 Å². The molecule has 12 heteroatoms. The van der Waals surface area contributed by atoms with Crippen LogP contribution in [0.4, 0.5) is 0 Å². The van der Waals surface area contributed by atoms with Gasteiger partial charge in [0.05, 0.1) is 19.8 Å². The number of rotatable bonds is 54. The third-order valence-corrected chi connectivity index (χ3v) is 13.1. The summed E-state index contributed by atoms with van der Waals surface area (Å²) in [5.74, 6) is -1.55. The highest BCUT2D eigenvalue weighted by Crippen LogP contribution is 2.43. The highest BCUT2D eigenvalue weighted by molar-refractivity contribution is 7.47. The Morgan fingerprint density at radius 1 is 0.382 bits per heavy atom. The van der Waals surface area contributed by atoms with Gasteiger partial charge in [0.2, 0.25) is 0 Å². The van der Waals surface area contributed by atoms with Gasteiger partial charge in [0.25, 0.3) is 0 Å². The molecule has 0 amide bonds. The van der Waals surface area contributed by atoms with Crippen molar-refractivity contribution < 1.29 is 52.2 Å². The first-order valence-electron chi connectivity index (χ1n) is 29.8. The minimum Gasteiger partial charge on any atom is -0.462 e. The van der Waals surface area contributed by atoms with E-state index in [9.17, 15) is 28.9 Å². The van der Waals surface area contributed by atoms with Crippen molar-refractivity contribution in [2.24, 2.45) is 0 Å². The molecule has 0 bridgehead atoms. The number of hydrogen-bond acceptors (Lipinski definition) is 10. The zero-order valence-corrected chi connectivity index (χ0v) is 48.8. The number of aliphatic hydroxyl groups is 1. The predicted octanol–water partition coefficient (Wildman–Crippen LogP) is 17.8. The average Bonchev–Trinajstić information content (AvgIpc) is 3.41. The molecule has 0 aromatic heterocycles. The Labute approximate surface area is 463 Å². The normalized spacial score (nSPS) is 14.1. The smallest absolute Gasteiger partial charge is 0.462 e. The topological polar surface area (TPSA) is 155 Å². The molecule has 0 aliphatic carbocycles. The van der Waals surface area contributed by atoms with E-state index in [0.29, 0.717) is 19.3 Å². The summed E-state index contributed by atoms with van der Waals surface area (Å²) in [5, 5.41) is 9.81. The molecule has 434 valence electrons. The van der Waals surface area contributed by atoms with Crippen LogP contribution in [0.25, 0.3) is 0 Å². The fourth-order valence-corrected chi connectivity index (χ4v) is 8.47. The number of aliphatic hydroxyl groups excluding tert-OH is 1. The lowest BCUT2D eigenvalue weighted by atomic mass is 10.1. The van der Waals surface area contributed by atoms with Crippen molar-refractivity contribution in [3.05, 3.63) is 109 Å². The van der Waals surface area contributed by atoms with Gasteiger partial charge in [0.15, 0.2) is 6.10 Å². The molecule has 11 nitrogen and oxygen atoms in total. The molecule has 0 radical (unpaired) electrons. The lowest BCUT2D eigenvalue weighted by Gasteiger charge is -2.21. The monoisotopic (exact) mass is 1080 g/mol. The van der Waals surface area contributed by atoms with Crippen molar-refractivity contribution in [2.75, 3.05) is 26.4 Å². The van der Waals surface area contributed by atoms with Crippen molar-refractivity contribution >= 4 is 25.7 Å². The molecule has 0 aliphatic rings. The number of unbranched alkanes of at least 4 members (excludes halogenated alkanes) is 19. The molecule has 0 saturated heterocycles. The van der Waals surface area contributed by atoms with Gasteiger partial charge in [-0.2, -0.15) is 0 Å². The summed E-state index contributed by atoms with van der Waals surface area (Å²) in [6.07, 6.45) is 69.1. The molecule has 0 aromatic rings. The van der Waals surface area contributed by atoms with Gasteiger partial charge in [-0.15, -0.1) is 0 Å². The van der Waals surface area contributed by atoms with E-state index in [-0.39, 0.29) is 25.9 Å². The van der Waals surface area contributed by atoms with E-state index in [2.05, 4.69) is 130 Å². The number of phosphoric ester groups is 1. The molecule has 3 atom stereocenters. The van der Waals surface area contributed by atoms with Crippen molar-refractivity contribution in [1.82, 2.24) is 0 Å². The van der Waals surface area contributed by atoms with Gasteiger partial charge < -0.3 is 24.2 Å². The Morgan fingerprint density at radius 3 is 1.08 bits per heavy atom. The van der Waals surface area contributed by atoms with Crippen LogP contribution in [-0.2, 0) is 42.2 Å². The van der Waals surface area contributed by atoms with E-state index in [4.69, 9.17) is 23.3 Å². The minimum absolute atomic E-state index is 0.120. The molecule has 0 fully saturated rings. The molecular formula is C64H107O11P. The van der Waals surface area contributed by atoms with E-state index in [1.54, 1.807) is 0 Å². The maximum atomic E-state index is 12.9. The number of ether oxygens (including phenoxy) is 3. The SMILES string of the molecule is CC/C=C\C/C=C\C/C=C\C/C=C\C/C=C\CCCCCC(=O)OC(COC(=O)CCCCCCCCC/C=C\CCCCCCCC)COP(=O)(O)OCC(CO)OC(=O)CCCCC/C=C\C/C=C\C/C=C\CC. The Morgan fingerprint density at radius 2 is 0.684 bits per heavy atom. The fraction of sp³-hybridized carbons (Fsp3) is 0.672. The summed E-state index contributed by atoms with van der Waals surface area (Å²) >= 11 is 0. The van der Waals surface area contributed by atoms with E-state index in [1.165, 1.54) is 64.2 Å². The molecule has 3 unspecified atom stereocenters. The summed E-state index contributed by atoms with van der Waals surface area (Å²) in [4.78, 5) is 48.6. The van der Waals surface area contributed by atoms with Crippen LogP contribution < -0.4 is 0 Å². The number of hydrogen-bond donors (Lipinski definition) is 2. The molecule has 0 heterocycles. The molecule has 0 rings (SSSR count). The van der Waals surface area contributed by atoms with Crippen LogP contribution in [0, 0.1) is 0 Å². The summed E-state index contributed by atoms with van der Waals surface area (Å²) in [6.45, 7) is 4.33. The first-order chi connectivity index (χ1) is 37.2. The molecular weight excluding hydrogens is 976 g/mol. The molecule has 0 aliphatic heterocycles. The lowest BCUT2D eigenvalue weighted by molar-refractivity contribution is -0.161. The van der Waals surface area contributed by atoms with Crippen LogP contribution in [-0.4, -0.2) is 66.5 Å². The number of carbonyl (C=O) groups is 3. The highest BCUT2D eigenvalue weighted by atomic mass is 31.2. The fourth-order valence-electron chi connectivity index (χ4n) is 7.69. The average molecular weight is 1080 g/mol.